The van der Waals surface area contributed by atoms with Crippen LogP contribution in [0.3, 0.4) is 0 Å². The molecule has 1 N–H and O–H groups in total. The van der Waals surface area contributed by atoms with Crippen molar-refractivity contribution in [3.63, 3.8) is 0 Å². The molecule has 1 aliphatic rings. The summed E-state index contributed by atoms with van der Waals surface area (Å²) >= 11 is 5.69. The highest BCUT2D eigenvalue weighted by Crippen LogP contribution is 2.25. The lowest BCUT2D eigenvalue weighted by Gasteiger charge is -2.09. The fourth-order valence-electron chi connectivity index (χ4n) is 1.75. The monoisotopic (exact) mass is 253 g/mol. The van der Waals surface area contributed by atoms with Gasteiger partial charge in [0.15, 0.2) is 0 Å². The number of amides is 1. The van der Waals surface area contributed by atoms with Crippen LogP contribution in [0.15, 0.2) is 18.2 Å². The summed E-state index contributed by atoms with van der Waals surface area (Å²) in [5.41, 5.74) is 1.80. The maximum atomic E-state index is 11.9. The Morgan fingerprint density at radius 1 is 1.59 bits per heavy atom. The Balaban J connectivity index is 2.00. The van der Waals surface area contributed by atoms with E-state index in [2.05, 4.69) is 5.32 Å². The van der Waals surface area contributed by atoms with Crippen LogP contribution in [-0.2, 0) is 6.42 Å². The van der Waals surface area contributed by atoms with Crippen LogP contribution in [0.4, 0.5) is 0 Å². The summed E-state index contributed by atoms with van der Waals surface area (Å²) in [4.78, 5) is 11.9. The normalized spacial score (nSPS) is 14.9. The Hall–Kier alpha value is -1.22. The van der Waals surface area contributed by atoms with Gasteiger partial charge in [-0.05, 0) is 29.7 Å². The number of hydrogen-bond donors (Lipinski definition) is 1. The van der Waals surface area contributed by atoms with Crippen molar-refractivity contribution in [3.05, 3.63) is 29.3 Å². The van der Waals surface area contributed by atoms with Crippen molar-refractivity contribution in [1.82, 2.24) is 5.32 Å². The zero-order chi connectivity index (χ0) is 12.3. The maximum absolute atomic E-state index is 11.9. The molecule has 0 radical (unpaired) electrons. The molecule has 0 saturated carbocycles. The lowest BCUT2D eigenvalue weighted by molar-refractivity contribution is 0.0949. The minimum absolute atomic E-state index is 0.0448. The van der Waals surface area contributed by atoms with Crippen molar-refractivity contribution < 1.29 is 9.53 Å². The lowest BCUT2D eigenvalue weighted by atomic mass is 10.1. The maximum Gasteiger partial charge on any atom is 0.251 e. The number of benzene rings is 1. The van der Waals surface area contributed by atoms with Gasteiger partial charge in [-0.2, -0.15) is 0 Å². The number of fused-ring (bicyclic) bond motifs is 1. The van der Waals surface area contributed by atoms with E-state index in [1.54, 1.807) is 6.07 Å². The third-order valence-corrected chi connectivity index (χ3v) is 3.35. The zero-order valence-corrected chi connectivity index (χ0v) is 10.6. The van der Waals surface area contributed by atoms with Crippen LogP contribution in [-0.4, -0.2) is 24.9 Å². The van der Waals surface area contributed by atoms with Crippen LogP contribution in [0.1, 0.15) is 22.8 Å². The molecule has 1 aliphatic heterocycles. The van der Waals surface area contributed by atoms with Crippen LogP contribution < -0.4 is 10.1 Å². The van der Waals surface area contributed by atoms with Gasteiger partial charge in [0.1, 0.15) is 5.75 Å². The van der Waals surface area contributed by atoms with E-state index in [1.807, 2.05) is 19.1 Å². The van der Waals surface area contributed by atoms with Crippen molar-refractivity contribution in [2.75, 3.05) is 19.0 Å². The molecular weight excluding hydrogens is 238 g/mol. The number of ether oxygens (including phenoxy) is 1. The second-order valence-corrected chi connectivity index (χ2v) is 4.70. The van der Waals surface area contributed by atoms with Crippen molar-refractivity contribution in [1.29, 1.82) is 0 Å². The number of alkyl halides is 1. The Bertz CT molecular complexity index is 420. The Labute approximate surface area is 106 Å². The van der Waals surface area contributed by atoms with Gasteiger partial charge < -0.3 is 10.1 Å². The summed E-state index contributed by atoms with van der Waals surface area (Å²) in [6, 6.07) is 5.57. The quantitative estimate of drug-likeness (QED) is 0.836. The average Bonchev–Trinajstić information content (AvgIpc) is 2.82. The number of carbonyl (C=O) groups is 1. The second-order valence-electron chi connectivity index (χ2n) is 4.39. The summed E-state index contributed by atoms with van der Waals surface area (Å²) in [5, 5.41) is 2.88. The van der Waals surface area contributed by atoms with Gasteiger partial charge in [-0.3, -0.25) is 4.79 Å². The third-order valence-electron chi connectivity index (χ3n) is 2.83. The van der Waals surface area contributed by atoms with E-state index in [-0.39, 0.29) is 5.91 Å². The predicted octanol–water partition coefficient (Wildman–Crippen LogP) is 2.23. The first-order valence-electron chi connectivity index (χ1n) is 5.80. The topological polar surface area (TPSA) is 38.3 Å². The first-order valence-corrected chi connectivity index (χ1v) is 6.34. The SMILES string of the molecule is CC(CCl)CNC(=O)c1ccc2c(c1)CCO2. The molecule has 1 aromatic rings. The molecule has 0 fully saturated rings. The average molecular weight is 254 g/mol. The minimum Gasteiger partial charge on any atom is -0.493 e. The summed E-state index contributed by atoms with van der Waals surface area (Å²) < 4.78 is 5.40. The number of hydrogen-bond acceptors (Lipinski definition) is 2. The van der Waals surface area contributed by atoms with Crippen LogP contribution in [0.5, 0.6) is 5.75 Å². The standard InChI is InChI=1S/C13H16ClNO2/c1-9(7-14)8-15-13(16)11-2-3-12-10(6-11)4-5-17-12/h2-3,6,9H,4-5,7-8H2,1H3,(H,15,16). The molecule has 1 heterocycles. The van der Waals surface area contributed by atoms with Crippen molar-refractivity contribution in [2.45, 2.75) is 13.3 Å². The molecule has 1 amide bonds. The molecule has 1 atom stereocenters. The highest BCUT2D eigenvalue weighted by molar-refractivity contribution is 6.18. The summed E-state index contributed by atoms with van der Waals surface area (Å²) in [6.07, 6.45) is 0.883. The van der Waals surface area contributed by atoms with E-state index in [0.717, 1.165) is 17.7 Å². The van der Waals surface area contributed by atoms with Gasteiger partial charge in [0.25, 0.3) is 5.91 Å². The molecule has 2 rings (SSSR count). The predicted molar refractivity (Wildman–Crippen MR) is 67.9 cm³/mol. The van der Waals surface area contributed by atoms with E-state index >= 15 is 0 Å². The molecule has 4 heteroatoms. The van der Waals surface area contributed by atoms with Crippen LogP contribution in [0.2, 0.25) is 0 Å². The van der Waals surface area contributed by atoms with E-state index in [9.17, 15) is 4.79 Å². The molecule has 0 spiro atoms. The largest absolute Gasteiger partial charge is 0.493 e. The molecule has 92 valence electrons. The molecule has 0 aromatic heterocycles. The molecule has 1 unspecified atom stereocenters. The highest BCUT2D eigenvalue weighted by atomic mass is 35.5. The van der Waals surface area contributed by atoms with E-state index in [1.165, 1.54) is 0 Å². The first-order chi connectivity index (χ1) is 8.20. The van der Waals surface area contributed by atoms with Gasteiger partial charge in [0.05, 0.1) is 6.61 Å². The number of nitrogens with one attached hydrogen (secondary N) is 1. The van der Waals surface area contributed by atoms with E-state index in [4.69, 9.17) is 16.3 Å². The lowest BCUT2D eigenvalue weighted by Crippen LogP contribution is -2.28. The van der Waals surface area contributed by atoms with Crippen molar-refractivity contribution in [3.8, 4) is 5.75 Å². The van der Waals surface area contributed by atoms with E-state index in [0.29, 0.717) is 30.5 Å². The van der Waals surface area contributed by atoms with Gasteiger partial charge in [-0.1, -0.05) is 6.92 Å². The number of carbonyl (C=O) groups excluding carboxylic acids is 1. The summed E-state index contributed by atoms with van der Waals surface area (Å²) in [5.74, 6) is 1.70. The van der Waals surface area contributed by atoms with Gasteiger partial charge in [-0.25, -0.2) is 0 Å². The zero-order valence-electron chi connectivity index (χ0n) is 9.83. The summed E-state index contributed by atoms with van der Waals surface area (Å²) in [7, 11) is 0. The number of rotatable bonds is 4. The number of halogens is 1. The minimum atomic E-state index is -0.0448. The van der Waals surface area contributed by atoms with Crippen LogP contribution in [0.25, 0.3) is 0 Å². The molecule has 1 aromatic carbocycles. The fourth-order valence-corrected chi connectivity index (χ4v) is 1.86. The van der Waals surface area contributed by atoms with Gasteiger partial charge >= 0.3 is 0 Å². The van der Waals surface area contributed by atoms with Gasteiger partial charge in [0, 0.05) is 24.4 Å². The Morgan fingerprint density at radius 2 is 2.41 bits per heavy atom. The second kappa shape index (κ2) is 5.41. The molecule has 0 bridgehead atoms. The molecule has 0 saturated heterocycles. The molecular formula is C13H16ClNO2. The molecule has 3 nitrogen and oxygen atoms in total. The summed E-state index contributed by atoms with van der Waals surface area (Å²) in [6.45, 7) is 3.32. The Morgan fingerprint density at radius 3 is 3.18 bits per heavy atom. The van der Waals surface area contributed by atoms with Crippen LogP contribution >= 0.6 is 11.6 Å². The van der Waals surface area contributed by atoms with Crippen LogP contribution in [0, 0.1) is 5.92 Å². The van der Waals surface area contributed by atoms with Gasteiger partial charge in [-0.15, -0.1) is 11.6 Å². The highest BCUT2D eigenvalue weighted by Gasteiger charge is 2.15. The third kappa shape index (κ3) is 2.91. The molecule has 0 aliphatic carbocycles. The van der Waals surface area contributed by atoms with Crippen molar-refractivity contribution >= 4 is 17.5 Å². The van der Waals surface area contributed by atoms with Gasteiger partial charge in [0.2, 0.25) is 0 Å². The Kier molecular flexibility index (Phi) is 3.89. The first kappa shape index (κ1) is 12.2. The smallest absolute Gasteiger partial charge is 0.251 e. The molecule has 17 heavy (non-hydrogen) atoms. The van der Waals surface area contributed by atoms with E-state index < -0.39 is 0 Å². The van der Waals surface area contributed by atoms with Crippen molar-refractivity contribution in [2.24, 2.45) is 5.92 Å². The fraction of sp³-hybridized carbons (Fsp3) is 0.462.